The molecule has 180 valence electrons. The van der Waals surface area contributed by atoms with Gasteiger partial charge in [0.15, 0.2) is 6.61 Å². The van der Waals surface area contributed by atoms with E-state index in [4.69, 9.17) is 14.6 Å². The van der Waals surface area contributed by atoms with Gasteiger partial charge in [-0.3, -0.25) is 14.4 Å². The minimum Gasteiger partial charge on any atom is -0.484 e. The number of nitrogens with zero attached hydrogens (tertiary/aromatic N) is 2. The Morgan fingerprint density at radius 2 is 1.82 bits per heavy atom. The molecule has 2 aromatic rings. The third kappa shape index (κ3) is 5.27. The number of amides is 3. The number of para-hydroxylation sites is 1. The molecule has 0 radical (unpaired) electrons. The summed E-state index contributed by atoms with van der Waals surface area (Å²) in [5, 5.41) is 5.12. The van der Waals surface area contributed by atoms with E-state index in [1.54, 1.807) is 24.3 Å². The highest BCUT2D eigenvalue weighted by atomic mass is 32.2. The molecule has 2 atom stereocenters. The van der Waals surface area contributed by atoms with Crippen LogP contribution < -0.4 is 14.8 Å². The van der Waals surface area contributed by atoms with E-state index in [9.17, 15) is 22.8 Å². The van der Waals surface area contributed by atoms with Crippen molar-refractivity contribution >= 4 is 33.4 Å². The Balaban J connectivity index is 1.53. The number of nitrogens with two attached hydrogens (primary N) is 1. The molecule has 4 rings (SSSR count). The van der Waals surface area contributed by atoms with E-state index >= 15 is 0 Å². The lowest BCUT2D eigenvalue weighted by atomic mass is 10.1. The summed E-state index contributed by atoms with van der Waals surface area (Å²) in [7, 11) is -3.92. The Hall–Kier alpha value is -3.28. The van der Waals surface area contributed by atoms with E-state index in [2.05, 4.69) is 0 Å². The third-order valence-corrected chi connectivity index (χ3v) is 6.70. The Kier molecular flexibility index (Phi) is 6.96. The fourth-order valence-corrected chi connectivity index (χ4v) is 4.59. The van der Waals surface area contributed by atoms with Crippen molar-refractivity contribution in [3.63, 3.8) is 0 Å². The van der Waals surface area contributed by atoms with Crippen molar-refractivity contribution in [3.05, 3.63) is 54.6 Å². The molecule has 2 N–H and O–H groups in total. The molecule has 11 heteroatoms. The van der Waals surface area contributed by atoms with Crippen molar-refractivity contribution in [1.82, 2.24) is 4.90 Å². The van der Waals surface area contributed by atoms with Crippen molar-refractivity contribution in [2.24, 2.45) is 5.14 Å². The average Bonchev–Trinajstić information content (AvgIpc) is 3.43. The van der Waals surface area contributed by atoms with Gasteiger partial charge in [-0.15, -0.1) is 0 Å². The van der Waals surface area contributed by atoms with Crippen LogP contribution in [0.5, 0.6) is 5.75 Å². The fourth-order valence-electron chi connectivity index (χ4n) is 4.07. The third-order valence-electron chi connectivity index (χ3n) is 5.77. The molecule has 2 saturated heterocycles. The van der Waals surface area contributed by atoms with Gasteiger partial charge in [-0.25, -0.2) is 18.5 Å². The van der Waals surface area contributed by atoms with Crippen molar-refractivity contribution in [3.8, 4) is 5.75 Å². The van der Waals surface area contributed by atoms with E-state index in [1.165, 1.54) is 29.2 Å². The summed E-state index contributed by atoms with van der Waals surface area (Å²) in [4.78, 5) is 41.4. The standard InChI is InChI=1S/C23H25N3O7S/c24-34(30,31)19-10-8-16(9-11-19)26-21(27)13-20(23(26)29)25(14-18-7-4-12-32-18)22(28)15-33-17-5-2-1-3-6-17/h1-3,5-6,8-11,18,20H,4,7,12-15H2,(H2,24,30,31). The number of hydrogen-bond acceptors (Lipinski definition) is 7. The molecule has 3 amide bonds. The molecule has 2 aromatic carbocycles. The van der Waals surface area contributed by atoms with Crippen LogP contribution in [0.15, 0.2) is 59.5 Å². The van der Waals surface area contributed by atoms with Gasteiger partial charge in [-0.1, -0.05) is 18.2 Å². The van der Waals surface area contributed by atoms with Crippen LogP contribution in [-0.4, -0.2) is 62.9 Å². The second kappa shape index (κ2) is 9.92. The first-order chi connectivity index (χ1) is 16.2. The monoisotopic (exact) mass is 487 g/mol. The first-order valence-corrected chi connectivity index (χ1v) is 12.4. The van der Waals surface area contributed by atoms with Gasteiger partial charge in [-0.2, -0.15) is 0 Å². The Morgan fingerprint density at radius 3 is 2.44 bits per heavy atom. The fraction of sp³-hybridized carbons (Fsp3) is 0.348. The summed E-state index contributed by atoms with van der Waals surface area (Å²) < 4.78 is 34.2. The summed E-state index contributed by atoms with van der Waals surface area (Å²) in [5.41, 5.74) is 0.204. The number of primary sulfonamides is 1. The van der Waals surface area contributed by atoms with E-state index < -0.39 is 33.8 Å². The van der Waals surface area contributed by atoms with Crippen LogP contribution >= 0.6 is 0 Å². The maximum absolute atomic E-state index is 13.3. The van der Waals surface area contributed by atoms with Gasteiger partial charge in [0.25, 0.3) is 11.8 Å². The van der Waals surface area contributed by atoms with Crippen LogP contribution in [0.1, 0.15) is 19.3 Å². The molecule has 2 aliphatic rings. The lowest BCUT2D eigenvalue weighted by molar-refractivity contribution is -0.141. The Labute approximate surface area is 197 Å². The minimum absolute atomic E-state index is 0.139. The number of benzene rings is 2. The van der Waals surface area contributed by atoms with Gasteiger partial charge in [0, 0.05) is 13.2 Å². The molecule has 0 saturated carbocycles. The van der Waals surface area contributed by atoms with Gasteiger partial charge in [-0.05, 0) is 49.2 Å². The van der Waals surface area contributed by atoms with Crippen molar-refractivity contribution < 1.29 is 32.3 Å². The highest BCUT2D eigenvalue weighted by Gasteiger charge is 2.45. The maximum atomic E-state index is 13.3. The number of carbonyl (C=O) groups is 3. The first kappa shape index (κ1) is 23.9. The van der Waals surface area contributed by atoms with Crippen molar-refractivity contribution in [2.45, 2.75) is 36.3 Å². The van der Waals surface area contributed by atoms with Crippen LogP contribution in [0.3, 0.4) is 0 Å². The molecular formula is C23H25N3O7S. The Morgan fingerprint density at radius 1 is 1.12 bits per heavy atom. The molecule has 0 aromatic heterocycles. The summed E-state index contributed by atoms with van der Waals surface area (Å²) in [5.74, 6) is -0.984. The van der Waals surface area contributed by atoms with E-state index in [1.807, 2.05) is 6.07 Å². The Bertz CT molecular complexity index is 1160. The number of sulfonamides is 1. The highest BCUT2D eigenvalue weighted by molar-refractivity contribution is 7.89. The second-order valence-corrected chi connectivity index (χ2v) is 9.67. The van der Waals surface area contributed by atoms with Crippen LogP contribution in [0.2, 0.25) is 0 Å². The van der Waals surface area contributed by atoms with E-state index in [0.717, 1.165) is 17.7 Å². The molecule has 0 bridgehead atoms. The highest BCUT2D eigenvalue weighted by Crippen LogP contribution is 2.28. The lowest BCUT2D eigenvalue weighted by Gasteiger charge is -2.29. The molecule has 34 heavy (non-hydrogen) atoms. The molecule has 2 fully saturated rings. The number of rotatable bonds is 8. The van der Waals surface area contributed by atoms with Crippen LogP contribution in [0.4, 0.5) is 5.69 Å². The molecular weight excluding hydrogens is 462 g/mol. The first-order valence-electron chi connectivity index (χ1n) is 10.8. The molecule has 2 heterocycles. The SMILES string of the molecule is NS(=O)(=O)c1ccc(N2C(=O)CC(N(CC3CCCO3)C(=O)COc3ccccc3)C2=O)cc1. The molecule has 0 spiro atoms. The zero-order chi connectivity index (χ0) is 24.3. The predicted octanol–water partition coefficient (Wildman–Crippen LogP) is 1.05. The van der Waals surface area contributed by atoms with Gasteiger partial charge in [0.1, 0.15) is 11.8 Å². The zero-order valence-electron chi connectivity index (χ0n) is 18.3. The molecule has 0 aliphatic carbocycles. The second-order valence-electron chi connectivity index (χ2n) is 8.11. The van der Waals surface area contributed by atoms with Crippen LogP contribution in [0.25, 0.3) is 0 Å². The average molecular weight is 488 g/mol. The smallest absolute Gasteiger partial charge is 0.261 e. The van der Waals surface area contributed by atoms with Crippen LogP contribution in [0, 0.1) is 0 Å². The minimum atomic E-state index is -3.92. The van der Waals surface area contributed by atoms with Crippen LogP contribution in [-0.2, 0) is 29.1 Å². The lowest BCUT2D eigenvalue weighted by Crippen LogP contribution is -2.50. The number of anilines is 1. The van der Waals surface area contributed by atoms with Gasteiger partial charge in [0.05, 0.1) is 23.1 Å². The maximum Gasteiger partial charge on any atom is 0.261 e. The van der Waals surface area contributed by atoms with Crippen molar-refractivity contribution in [2.75, 3.05) is 24.7 Å². The largest absolute Gasteiger partial charge is 0.484 e. The number of carbonyl (C=O) groups excluding carboxylic acids is 3. The number of imide groups is 1. The van der Waals surface area contributed by atoms with E-state index in [0.29, 0.717) is 12.4 Å². The zero-order valence-corrected chi connectivity index (χ0v) is 19.1. The predicted molar refractivity (Wildman–Crippen MR) is 121 cm³/mol. The molecule has 2 aliphatic heterocycles. The molecule has 10 nitrogen and oxygen atoms in total. The summed E-state index contributed by atoms with van der Waals surface area (Å²) in [6.07, 6.45) is 1.18. The number of hydrogen-bond donors (Lipinski definition) is 1. The number of ether oxygens (including phenoxy) is 2. The van der Waals surface area contributed by atoms with Crippen molar-refractivity contribution in [1.29, 1.82) is 0 Å². The van der Waals surface area contributed by atoms with E-state index in [-0.39, 0.29) is 36.3 Å². The van der Waals surface area contributed by atoms with Gasteiger partial charge < -0.3 is 14.4 Å². The summed E-state index contributed by atoms with van der Waals surface area (Å²) in [6.45, 7) is 0.448. The summed E-state index contributed by atoms with van der Waals surface area (Å²) in [6, 6.07) is 12.9. The van der Waals surface area contributed by atoms with Gasteiger partial charge in [0.2, 0.25) is 15.9 Å². The molecule has 2 unspecified atom stereocenters. The topological polar surface area (TPSA) is 136 Å². The quantitative estimate of drug-likeness (QED) is 0.550. The normalized spacial score (nSPS) is 20.6. The summed E-state index contributed by atoms with van der Waals surface area (Å²) >= 11 is 0. The van der Waals surface area contributed by atoms with Gasteiger partial charge >= 0.3 is 0 Å².